The van der Waals surface area contributed by atoms with Gasteiger partial charge in [0.25, 0.3) is 0 Å². The first-order valence-electron chi connectivity index (χ1n) is 8.33. The van der Waals surface area contributed by atoms with Crippen LogP contribution in [-0.2, 0) is 17.8 Å². The molecule has 4 nitrogen and oxygen atoms in total. The van der Waals surface area contributed by atoms with E-state index in [0.717, 1.165) is 30.0 Å². The summed E-state index contributed by atoms with van der Waals surface area (Å²) in [6, 6.07) is 10.2. The smallest absolute Gasteiger partial charge is 0.220 e. The molecule has 0 atom stereocenters. The lowest BCUT2D eigenvalue weighted by atomic mass is 10.1. The van der Waals surface area contributed by atoms with Crippen molar-refractivity contribution in [3.05, 3.63) is 59.5 Å². The third-order valence-corrected chi connectivity index (χ3v) is 3.92. The van der Waals surface area contributed by atoms with Gasteiger partial charge < -0.3 is 10.2 Å². The zero-order valence-corrected chi connectivity index (χ0v) is 14.3. The summed E-state index contributed by atoms with van der Waals surface area (Å²) >= 11 is 0. The average Bonchev–Trinajstić information content (AvgIpc) is 2.60. The Labute approximate surface area is 142 Å². The molecule has 24 heavy (non-hydrogen) atoms. The van der Waals surface area contributed by atoms with Crippen LogP contribution in [0.4, 0.5) is 10.2 Å². The van der Waals surface area contributed by atoms with Crippen molar-refractivity contribution in [3.63, 3.8) is 0 Å². The largest absolute Gasteiger partial charge is 0.357 e. The fourth-order valence-corrected chi connectivity index (χ4v) is 2.53. The van der Waals surface area contributed by atoms with Crippen molar-refractivity contribution in [2.45, 2.75) is 33.2 Å². The van der Waals surface area contributed by atoms with Gasteiger partial charge in [-0.3, -0.25) is 4.79 Å². The fourth-order valence-electron chi connectivity index (χ4n) is 2.53. The molecule has 0 saturated carbocycles. The van der Waals surface area contributed by atoms with Gasteiger partial charge in [-0.2, -0.15) is 0 Å². The molecule has 1 N–H and O–H groups in total. The van der Waals surface area contributed by atoms with Crippen molar-refractivity contribution in [2.75, 3.05) is 18.0 Å². The van der Waals surface area contributed by atoms with Crippen molar-refractivity contribution in [3.8, 4) is 0 Å². The Morgan fingerprint density at radius 2 is 1.96 bits per heavy atom. The van der Waals surface area contributed by atoms with E-state index in [1.54, 1.807) is 18.3 Å². The Bertz CT molecular complexity index is 671. The summed E-state index contributed by atoms with van der Waals surface area (Å²) in [5.74, 6) is 0.612. The number of rotatable bonds is 8. The number of carbonyl (C=O) groups excluding carboxylic acids is 1. The lowest BCUT2D eigenvalue weighted by Gasteiger charge is -2.20. The number of nitrogens with zero attached hydrogens (tertiary/aromatic N) is 2. The van der Waals surface area contributed by atoms with Crippen molar-refractivity contribution < 1.29 is 9.18 Å². The van der Waals surface area contributed by atoms with Crippen LogP contribution in [0.1, 0.15) is 31.4 Å². The van der Waals surface area contributed by atoms with Gasteiger partial charge in [-0.05, 0) is 55.7 Å². The molecule has 1 amide bonds. The molecule has 0 saturated heterocycles. The van der Waals surface area contributed by atoms with E-state index < -0.39 is 0 Å². The van der Waals surface area contributed by atoms with Gasteiger partial charge in [0.2, 0.25) is 5.91 Å². The highest BCUT2D eigenvalue weighted by Gasteiger charge is 2.07. The molecule has 0 aliphatic carbocycles. The summed E-state index contributed by atoms with van der Waals surface area (Å²) < 4.78 is 13.1. The van der Waals surface area contributed by atoms with Crippen LogP contribution in [0, 0.1) is 5.82 Å². The van der Waals surface area contributed by atoms with Gasteiger partial charge >= 0.3 is 0 Å². The topological polar surface area (TPSA) is 45.2 Å². The van der Waals surface area contributed by atoms with Gasteiger partial charge in [-0.15, -0.1) is 0 Å². The number of benzene rings is 1. The van der Waals surface area contributed by atoms with Crippen LogP contribution in [0.15, 0.2) is 42.6 Å². The molecule has 0 aliphatic heterocycles. The lowest BCUT2D eigenvalue weighted by molar-refractivity contribution is -0.121. The molecule has 0 aliphatic rings. The SMILES string of the molecule is CCN(CC)c1cc(CCC(=O)NCc2cccc(F)c2)ccn1. The summed E-state index contributed by atoms with van der Waals surface area (Å²) in [5.41, 5.74) is 1.85. The third-order valence-electron chi connectivity index (χ3n) is 3.92. The number of aromatic nitrogens is 1. The molecular formula is C19H24FN3O. The quantitative estimate of drug-likeness (QED) is 0.808. The normalized spacial score (nSPS) is 10.5. The van der Waals surface area contributed by atoms with E-state index in [9.17, 15) is 9.18 Å². The summed E-state index contributed by atoms with van der Waals surface area (Å²) in [6.45, 7) is 6.34. The van der Waals surface area contributed by atoms with Gasteiger partial charge in [-0.25, -0.2) is 9.37 Å². The van der Waals surface area contributed by atoms with E-state index >= 15 is 0 Å². The number of aryl methyl sites for hydroxylation is 1. The number of nitrogens with one attached hydrogen (secondary N) is 1. The van der Waals surface area contributed by atoms with Crippen LogP contribution in [-0.4, -0.2) is 24.0 Å². The van der Waals surface area contributed by atoms with Crippen LogP contribution in [0.25, 0.3) is 0 Å². The molecule has 0 radical (unpaired) electrons. The number of pyridine rings is 1. The summed E-state index contributed by atoms with van der Waals surface area (Å²) in [7, 11) is 0. The van der Waals surface area contributed by atoms with Gasteiger partial charge in [0.1, 0.15) is 11.6 Å². The van der Waals surface area contributed by atoms with Crippen LogP contribution in [0.2, 0.25) is 0 Å². The number of hydrogen-bond donors (Lipinski definition) is 1. The summed E-state index contributed by atoms with van der Waals surface area (Å²) in [5, 5.41) is 2.82. The third kappa shape index (κ3) is 5.33. The minimum Gasteiger partial charge on any atom is -0.357 e. The molecule has 1 aromatic carbocycles. The highest BCUT2D eigenvalue weighted by molar-refractivity contribution is 5.76. The average molecular weight is 329 g/mol. The number of anilines is 1. The van der Waals surface area contributed by atoms with Gasteiger partial charge in [-0.1, -0.05) is 12.1 Å². The molecule has 2 rings (SSSR count). The van der Waals surface area contributed by atoms with Crippen LogP contribution >= 0.6 is 0 Å². The summed E-state index contributed by atoms with van der Waals surface area (Å²) in [6.07, 6.45) is 2.84. The molecule has 0 bridgehead atoms. The molecule has 0 fully saturated rings. The first kappa shape index (κ1) is 17.9. The van der Waals surface area contributed by atoms with Gasteiger partial charge in [0.05, 0.1) is 0 Å². The molecule has 0 unspecified atom stereocenters. The minimum atomic E-state index is -0.289. The molecule has 0 spiro atoms. The zero-order valence-electron chi connectivity index (χ0n) is 14.3. The number of amides is 1. The Morgan fingerprint density at radius 3 is 2.67 bits per heavy atom. The van der Waals surface area contributed by atoms with E-state index in [-0.39, 0.29) is 11.7 Å². The maximum absolute atomic E-state index is 13.1. The number of hydrogen-bond acceptors (Lipinski definition) is 3. The Balaban J connectivity index is 1.84. The molecule has 1 aromatic heterocycles. The Morgan fingerprint density at radius 1 is 1.17 bits per heavy atom. The zero-order chi connectivity index (χ0) is 17.4. The van der Waals surface area contributed by atoms with E-state index in [0.29, 0.717) is 19.4 Å². The van der Waals surface area contributed by atoms with Crippen LogP contribution < -0.4 is 10.2 Å². The highest BCUT2D eigenvalue weighted by Crippen LogP contribution is 2.13. The number of halogens is 1. The van der Waals surface area contributed by atoms with Crippen molar-refractivity contribution >= 4 is 11.7 Å². The van der Waals surface area contributed by atoms with Gasteiger partial charge in [0, 0.05) is 32.3 Å². The predicted octanol–water partition coefficient (Wildman–Crippen LogP) is 3.32. The predicted molar refractivity (Wildman–Crippen MR) is 94.4 cm³/mol. The molecule has 2 aromatic rings. The highest BCUT2D eigenvalue weighted by atomic mass is 19.1. The molecule has 5 heteroatoms. The number of carbonyl (C=O) groups is 1. The van der Waals surface area contributed by atoms with Crippen molar-refractivity contribution in [2.24, 2.45) is 0 Å². The van der Waals surface area contributed by atoms with E-state index in [1.807, 2.05) is 12.1 Å². The first-order chi connectivity index (χ1) is 11.6. The molecule has 128 valence electrons. The van der Waals surface area contributed by atoms with Crippen molar-refractivity contribution in [1.29, 1.82) is 0 Å². The van der Waals surface area contributed by atoms with Crippen LogP contribution in [0.3, 0.4) is 0 Å². The summed E-state index contributed by atoms with van der Waals surface area (Å²) in [4.78, 5) is 18.5. The fraction of sp³-hybridized carbons (Fsp3) is 0.368. The monoisotopic (exact) mass is 329 g/mol. The Kier molecular flexibility index (Phi) is 6.73. The lowest BCUT2D eigenvalue weighted by Crippen LogP contribution is -2.24. The van der Waals surface area contributed by atoms with Crippen LogP contribution in [0.5, 0.6) is 0 Å². The standard InChI is InChI=1S/C19H24FN3O/c1-3-23(4-2)18-13-15(10-11-21-18)8-9-19(24)22-14-16-6-5-7-17(20)12-16/h5-7,10-13H,3-4,8-9,14H2,1-2H3,(H,22,24). The van der Waals surface area contributed by atoms with E-state index in [4.69, 9.17) is 0 Å². The maximum atomic E-state index is 13.1. The minimum absolute atomic E-state index is 0.0412. The van der Waals surface area contributed by atoms with Crippen molar-refractivity contribution in [1.82, 2.24) is 10.3 Å². The second kappa shape index (κ2) is 9.01. The Hall–Kier alpha value is -2.43. The van der Waals surface area contributed by atoms with E-state index in [2.05, 4.69) is 29.0 Å². The second-order valence-electron chi connectivity index (χ2n) is 5.60. The molecule has 1 heterocycles. The van der Waals surface area contributed by atoms with Gasteiger partial charge in [0.15, 0.2) is 0 Å². The first-order valence-corrected chi connectivity index (χ1v) is 8.33. The van der Waals surface area contributed by atoms with E-state index in [1.165, 1.54) is 12.1 Å². The second-order valence-corrected chi connectivity index (χ2v) is 5.60. The molecular weight excluding hydrogens is 305 g/mol. The maximum Gasteiger partial charge on any atom is 0.220 e.